The first-order valence-corrected chi connectivity index (χ1v) is 5.89. The Hall–Kier alpha value is -0.590. The Morgan fingerprint density at radius 1 is 1.53 bits per heavy atom. The third-order valence-electron chi connectivity index (χ3n) is 2.70. The van der Waals surface area contributed by atoms with Crippen molar-refractivity contribution in [2.45, 2.75) is 26.7 Å². The molecule has 0 amide bonds. The van der Waals surface area contributed by atoms with Crippen LogP contribution in [0.3, 0.4) is 0 Å². The van der Waals surface area contributed by atoms with Crippen LogP contribution in [-0.4, -0.2) is 37.7 Å². The molecule has 0 N–H and O–H groups in total. The van der Waals surface area contributed by atoms with Gasteiger partial charge < -0.3 is 9.64 Å². The summed E-state index contributed by atoms with van der Waals surface area (Å²) < 4.78 is 5.38. The van der Waals surface area contributed by atoms with Gasteiger partial charge in [0.2, 0.25) is 0 Å². The molecule has 0 aromatic heterocycles. The molecule has 3 nitrogen and oxygen atoms in total. The Bertz CT molecular complexity index is 204. The van der Waals surface area contributed by atoms with Gasteiger partial charge in [-0.05, 0) is 18.3 Å². The average Bonchev–Trinajstić information content (AvgIpc) is 2.66. The summed E-state index contributed by atoms with van der Waals surface area (Å²) in [5, 5.41) is 8.61. The van der Waals surface area contributed by atoms with E-state index in [9.17, 15) is 0 Å². The van der Waals surface area contributed by atoms with Gasteiger partial charge in [0.25, 0.3) is 0 Å². The number of nitriles is 1. The van der Waals surface area contributed by atoms with Crippen LogP contribution in [0.2, 0.25) is 0 Å². The zero-order valence-corrected chi connectivity index (χ0v) is 9.91. The minimum atomic E-state index is 0.639. The molecule has 1 fully saturated rings. The Morgan fingerprint density at radius 3 is 2.87 bits per heavy atom. The average molecular weight is 210 g/mol. The second-order valence-electron chi connectivity index (χ2n) is 4.79. The van der Waals surface area contributed by atoms with Crippen molar-refractivity contribution < 1.29 is 4.74 Å². The van der Waals surface area contributed by atoms with Crippen molar-refractivity contribution in [3.63, 3.8) is 0 Å². The maximum absolute atomic E-state index is 8.61. The molecule has 0 radical (unpaired) electrons. The van der Waals surface area contributed by atoms with E-state index in [0.717, 1.165) is 32.8 Å². The van der Waals surface area contributed by atoms with Crippen LogP contribution in [0.1, 0.15) is 26.7 Å². The van der Waals surface area contributed by atoms with Crippen molar-refractivity contribution in [3.8, 4) is 6.07 Å². The van der Waals surface area contributed by atoms with Gasteiger partial charge in [-0.15, -0.1) is 0 Å². The highest BCUT2D eigenvalue weighted by molar-refractivity contribution is 4.76. The van der Waals surface area contributed by atoms with E-state index in [-0.39, 0.29) is 0 Å². The molecule has 1 heterocycles. The fraction of sp³-hybridized carbons (Fsp3) is 0.917. The largest absolute Gasteiger partial charge is 0.381 e. The first-order valence-electron chi connectivity index (χ1n) is 5.89. The summed E-state index contributed by atoms with van der Waals surface area (Å²) in [6.45, 7) is 9.37. The zero-order chi connectivity index (χ0) is 11.1. The highest BCUT2D eigenvalue weighted by Gasteiger charge is 2.19. The molecular weight excluding hydrogens is 188 g/mol. The summed E-state index contributed by atoms with van der Waals surface area (Å²) in [5.74, 6) is 1.36. The second-order valence-corrected chi connectivity index (χ2v) is 4.79. The van der Waals surface area contributed by atoms with Crippen LogP contribution >= 0.6 is 0 Å². The van der Waals surface area contributed by atoms with E-state index in [1.165, 1.54) is 6.42 Å². The highest BCUT2D eigenvalue weighted by Crippen LogP contribution is 2.14. The van der Waals surface area contributed by atoms with Crippen LogP contribution in [0.25, 0.3) is 0 Å². The molecule has 1 atom stereocenters. The lowest BCUT2D eigenvalue weighted by Crippen LogP contribution is -2.33. The Balaban J connectivity index is 2.30. The fourth-order valence-electron chi connectivity index (χ4n) is 2.07. The topological polar surface area (TPSA) is 36.3 Å². The summed E-state index contributed by atoms with van der Waals surface area (Å²) in [7, 11) is 0. The summed E-state index contributed by atoms with van der Waals surface area (Å²) in [5.41, 5.74) is 0. The van der Waals surface area contributed by atoms with Gasteiger partial charge in [0, 0.05) is 32.7 Å². The van der Waals surface area contributed by atoms with Gasteiger partial charge in [0.15, 0.2) is 0 Å². The smallest absolute Gasteiger partial charge is 0.0635 e. The SMILES string of the molecule is CC(C)CN(CCC#N)CC1CCOC1. The molecule has 0 spiro atoms. The van der Waals surface area contributed by atoms with Gasteiger partial charge in [-0.1, -0.05) is 13.8 Å². The molecule has 0 aliphatic carbocycles. The van der Waals surface area contributed by atoms with Crippen LogP contribution in [0, 0.1) is 23.2 Å². The second kappa shape index (κ2) is 6.81. The van der Waals surface area contributed by atoms with Gasteiger partial charge in [-0.2, -0.15) is 5.26 Å². The maximum atomic E-state index is 8.61. The molecule has 15 heavy (non-hydrogen) atoms. The molecule has 1 rings (SSSR count). The van der Waals surface area contributed by atoms with Crippen molar-refractivity contribution >= 4 is 0 Å². The number of nitrogens with zero attached hydrogens (tertiary/aromatic N) is 2. The molecule has 86 valence electrons. The van der Waals surface area contributed by atoms with Crippen LogP contribution in [0.4, 0.5) is 0 Å². The van der Waals surface area contributed by atoms with Gasteiger partial charge >= 0.3 is 0 Å². The molecule has 3 heteroatoms. The molecule has 1 saturated heterocycles. The van der Waals surface area contributed by atoms with E-state index in [1.807, 2.05) is 0 Å². The maximum Gasteiger partial charge on any atom is 0.0635 e. The highest BCUT2D eigenvalue weighted by atomic mass is 16.5. The minimum absolute atomic E-state index is 0.639. The lowest BCUT2D eigenvalue weighted by atomic mass is 10.1. The van der Waals surface area contributed by atoms with Gasteiger partial charge in [0.05, 0.1) is 12.7 Å². The third-order valence-corrected chi connectivity index (χ3v) is 2.70. The van der Waals surface area contributed by atoms with Crippen molar-refractivity contribution in [1.82, 2.24) is 4.90 Å². The Labute approximate surface area is 93.0 Å². The Morgan fingerprint density at radius 2 is 2.33 bits per heavy atom. The van der Waals surface area contributed by atoms with Crippen LogP contribution in [0.5, 0.6) is 0 Å². The number of hydrogen-bond acceptors (Lipinski definition) is 3. The molecule has 1 aliphatic heterocycles. The van der Waals surface area contributed by atoms with Crippen molar-refractivity contribution in [2.24, 2.45) is 11.8 Å². The normalized spacial score (nSPS) is 21.1. The predicted octanol–water partition coefficient (Wildman–Crippen LogP) is 1.89. The van der Waals surface area contributed by atoms with E-state index >= 15 is 0 Å². The zero-order valence-electron chi connectivity index (χ0n) is 9.91. The summed E-state index contributed by atoms with van der Waals surface area (Å²) in [6.07, 6.45) is 1.82. The van der Waals surface area contributed by atoms with E-state index in [2.05, 4.69) is 24.8 Å². The van der Waals surface area contributed by atoms with Gasteiger partial charge in [-0.25, -0.2) is 0 Å². The van der Waals surface area contributed by atoms with E-state index in [0.29, 0.717) is 18.3 Å². The van der Waals surface area contributed by atoms with Crippen molar-refractivity contribution in [2.75, 3.05) is 32.8 Å². The number of rotatable bonds is 6. The molecule has 0 bridgehead atoms. The monoisotopic (exact) mass is 210 g/mol. The van der Waals surface area contributed by atoms with Crippen LogP contribution in [0.15, 0.2) is 0 Å². The number of ether oxygens (including phenoxy) is 1. The van der Waals surface area contributed by atoms with E-state index in [1.54, 1.807) is 0 Å². The molecular formula is C12H22N2O. The summed E-state index contributed by atoms with van der Waals surface area (Å²) >= 11 is 0. The lowest BCUT2D eigenvalue weighted by Gasteiger charge is -2.25. The standard InChI is InChI=1S/C12H22N2O/c1-11(2)8-14(6-3-5-13)9-12-4-7-15-10-12/h11-12H,3-4,6-10H2,1-2H3. The lowest BCUT2D eigenvalue weighted by molar-refractivity contribution is 0.162. The molecule has 0 aromatic rings. The van der Waals surface area contributed by atoms with Gasteiger partial charge in [0.1, 0.15) is 0 Å². The first kappa shape index (κ1) is 12.5. The van der Waals surface area contributed by atoms with Crippen LogP contribution < -0.4 is 0 Å². The predicted molar refractivity (Wildman–Crippen MR) is 60.4 cm³/mol. The van der Waals surface area contributed by atoms with Crippen molar-refractivity contribution in [3.05, 3.63) is 0 Å². The van der Waals surface area contributed by atoms with E-state index < -0.39 is 0 Å². The quantitative estimate of drug-likeness (QED) is 0.671. The van der Waals surface area contributed by atoms with Crippen LogP contribution in [-0.2, 0) is 4.74 Å². The molecule has 0 saturated carbocycles. The summed E-state index contributed by atoms with van der Waals surface area (Å²) in [6, 6.07) is 2.22. The molecule has 1 unspecified atom stereocenters. The third kappa shape index (κ3) is 5.15. The van der Waals surface area contributed by atoms with Gasteiger partial charge in [-0.3, -0.25) is 0 Å². The Kier molecular flexibility index (Phi) is 5.67. The molecule has 0 aromatic carbocycles. The summed E-state index contributed by atoms with van der Waals surface area (Å²) in [4.78, 5) is 2.41. The fourth-order valence-corrected chi connectivity index (χ4v) is 2.07. The molecule has 1 aliphatic rings. The first-order chi connectivity index (χ1) is 7.22. The number of hydrogen-bond donors (Lipinski definition) is 0. The van der Waals surface area contributed by atoms with Crippen molar-refractivity contribution in [1.29, 1.82) is 5.26 Å². The van der Waals surface area contributed by atoms with E-state index in [4.69, 9.17) is 10.00 Å². The minimum Gasteiger partial charge on any atom is -0.381 e.